The van der Waals surface area contributed by atoms with Crippen LogP contribution in [-0.4, -0.2) is 30.1 Å². The van der Waals surface area contributed by atoms with Gasteiger partial charge in [0.2, 0.25) is 5.91 Å². The van der Waals surface area contributed by atoms with E-state index in [4.69, 9.17) is 9.47 Å². The Labute approximate surface area is 172 Å². The molecule has 152 valence electrons. The van der Waals surface area contributed by atoms with Crippen molar-refractivity contribution in [2.45, 2.75) is 38.6 Å². The van der Waals surface area contributed by atoms with Crippen LogP contribution < -0.4 is 20.3 Å². The monoisotopic (exact) mass is 413 g/mol. The maximum atomic E-state index is 12.5. The molecule has 1 aliphatic carbocycles. The highest BCUT2D eigenvalue weighted by Gasteiger charge is 2.21. The smallest absolute Gasteiger partial charge is 0.259 e. The molecule has 0 bridgehead atoms. The Bertz CT molecular complexity index is 1120. The maximum absolute atomic E-state index is 12.5. The number of nitrogens with zero attached hydrogens (tertiary/aromatic N) is 1. The normalized spacial score (nSPS) is 12.8. The van der Waals surface area contributed by atoms with Gasteiger partial charge in [0.05, 0.1) is 19.6 Å². The van der Waals surface area contributed by atoms with Crippen LogP contribution in [0.1, 0.15) is 34.7 Å². The summed E-state index contributed by atoms with van der Waals surface area (Å²) < 4.78 is 10.5. The molecule has 0 spiro atoms. The molecule has 2 aromatic heterocycles. The number of carbonyl (C=O) groups excluding carboxylic acids is 1. The van der Waals surface area contributed by atoms with Crippen molar-refractivity contribution >= 4 is 27.5 Å². The number of hydrogen-bond acceptors (Lipinski definition) is 6. The van der Waals surface area contributed by atoms with Crippen LogP contribution in [0.3, 0.4) is 0 Å². The van der Waals surface area contributed by atoms with E-state index in [1.165, 1.54) is 4.88 Å². The second kappa shape index (κ2) is 8.24. The quantitative estimate of drug-likeness (QED) is 0.621. The lowest BCUT2D eigenvalue weighted by Gasteiger charge is -2.10. The lowest BCUT2D eigenvalue weighted by Crippen LogP contribution is -2.23. The van der Waals surface area contributed by atoms with Gasteiger partial charge < -0.3 is 19.8 Å². The zero-order chi connectivity index (χ0) is 20.4. The Morgan fingerprint density at radius 2 is 2.07 bits per heavy atom. The molecule has 8 heteroatoms. The molecular weight excluding hydrogens is 390 g/mol. The molecule has 7 nitrogen and oxygen atoms in total. The van der Waals surface area contributed by atoms with E-state index in [1.54, 1.807) is 25.6 Å². The lowest BCUT2D eigenvalue weighted by atomic mass is 10.2. The van der Waals surface area contributed by atoms with Crippen molar-refractivity contribution in [3.8, 4) is 11.5 Å². The van der Waals surface area contributed by atoms with Crippen LogP contribution in [0, 0.1) is 0 Å². The Hall–Kier alpha value is -2.87. The summed E-state index contributed by atoms with van der Waals surface area (Å²) in [5, 5.41) is 3.63. The number of aromatic amines is 1. The second-order valence-electron chi connectivity index (χ2n) is 7.02. The number of methoxy groups -OCH3 is 2. The van der Waals surface area contributed by atoms with Gasteiger partial charge >= 0.3 is 0 Å². The Kier molecular flexibility index (Phi) is 5.53. The van der Waals surface area contributed by atoms with E-state index in [0.29, 0.717) is 30.3 Å². The molecule has 0 aliphatic heterocycles. The SMILES string of the molecule is COc1ccc(CNC(=O)CCc2nc3sc4c(c3c(=O)[nH]2)CCC4)cc1OC. The highest BCUT2D eigenvalue weighted by atomic mass is 32.1. The first-order valence-corrected chi connectivity index (χ1v) is 10.4. The summed E-state index contributed by atoms with van der Waals surface area (Å²) in [5.74, 6) is 1.73. The van der Waals surface area contributed by atoms with Crippen LogP contribution in [0.15, 0.2) is 23.0 Å². The summed E-state index contributed by atoms with van der Waals surface area (Å²) in [5.41, 5.74) is 1.99. The molecule has 0 radical (unpaired) electrons. The first-order valence-electron chi connectivity index (χ1n) is 9.60. The third-order valence-electron chi connectivity index (χ3n) is 5.15. The zero-order valence-corrected chi connectivity index (χ0v) is 17.3. The second-order valence-corrected chi connectivity index (χ2v) is 8.10. The van der Waals surface area contributed by atoms with Crippen molar-refractivity contribution in [2.24, 2.45) is 0 Å². The Morgan fingerprint density at radius 3 is 2.86 bits per heavy atom. The molecule has 2 N–H and O–H groups in total. The van der Waals surface area contributed by atoms with Crippen molar-refractivity contribution in [3.63, 3.8) is 0 Å². The molecule has 2 heterocycles. The molecule has 29 heavy (non-hydrogen) atoms. The highest BCUT2D eigenvalue weighted by Crippen LogP contribution is 2.34. The van der Waals surface area contributed by atoms with Crippen molar-refractivity contribution in [1.82, 2.24) is 15.3 Å². The van der Waals surface area contributed by atoms with E-state index in [0.717, 1.165) is 40.6 Å². The van der Waals surface area contributed by atoms with Gasteiger partial charge in [0.25, 0.3) is 5.56 Å². The number of carbonyl (C=O) groups is 1. The number of aryl methyl sites for hydroxylation is 3. The summed E-state index contributed by atoms with van der Waals surface area (Å²) in [6, 6.07) is 5.52. The summed E-state index contributed by atoms with van der Waals surface area (Å²) in [6.45, 7) is 0.389. The Balaban J connectivity index is 1.37. The zero-order valence-electron chi connectivity index (χ0n) is 16.5. The minimum Gasteiger partial charge on any atom is -0.493 e. The first-order chi connectivity index (χ1) is 14.1. The van der Waals surface area contributed by atoms with E-state index in [1.807, 2.05) is 18.2 Å². The standard InChI is InChI=1S/C21H23N3O4S/c1-27-14-7-6-12(10-15(14)28-2)11-22-18(25)9-8-17-23-20(26)19-13-4-3-5-16(13)29-21(19)24-17/h6-7,10H,3-5,8-9,11H2,1-2H3,(H,22,25)(H,23,24,26). The number of nitrogens with one attached hydrogen (secondary N) is 2. The molecule has 3 aromatic rings. The molecule has 1 aromatic carbocycles. The highest BCUT2D eigenvalue weighted by molar-refractivity contribution is 7.18. The van der Waals surface area contributed by atoms with Crippen LogP contribution in [-0.2, 0) is 30.6 Å². The van der Waals surface area contributed by atoms with Crippen LogP contribution in [0.25, 0.3) is 10.2 Å². The van der Waals surface area contributed by atoms with Crippen molar-refractivity contribution in [2.75, 3.05) is 14.2 Å². The summed E-state index contributed by atoms with van der Waals surface area (Å²) in [4.78, 5) is 34.2. The van der Waals surface area contributed by atoms with Gasteiger partial charge in [0.15, 0.2) is 11.5 Å². The molecular formula is C21H23N3O4S. The summed E-state index contributed by atoms with van der Waals surface area (Å²) >= 11 is 1.61. The topological polar surface area (TPSA) is 93.3 Å². The molecule has 0 atom stereocenters. The van der Waals surface area contributed by atoms with Crippen molar-refractivity contribution < 1.29 is 14.3 Å². The maximum Gasteiger partial charge on any atom is 0.259 e. The van der Waals surface area contributed by atoms with E-state index in [-0.39, 0.29) is 17.9 Å². The average Bonchev–Trinajstić information content (AvgIpc) is 3.31. The van der Waals surface area contributed by atoms with Crippen LogP contribution in [0.2, 0.25) is 0 Å². The summed E-state index contributed by atoms with van der Waals surface area (Å²) in [7, 11) is 3.16. The fourth-order valence-electron chi connectivity index (χ4n) is 3.68. The number of ether oxygens (including phenoxy) is 2. The fourth-order valence-corrected chi connectivity index (χ4v) is 4.96. The van der Waals surface area contributed by atoms with Crippen molar-refractivity contribution in [3.05, 3.63) is 50.4 Å². The molecule has 1 aliphatic rings. The van der Waals surface area contributed by atoms with Gasteiger partial charge in [0.1, 0.15) is 10.7 Å². The van der Waals surface area contributed by atoms with Gasteiger partial charge in [0, 0.05) is 24.3 Å². The molecule has 0 fully saturated rings. The van der Waals surface area contributed by atoms with Crippen LogP contribution in [0.5, 0.6) is 11.5 Å². The van der Waals surface area contributed by atoms with Gasteiger partial charge in [-0.2, -0.15) is 0 Å². The van der Waals surface area contributed by atoms with Gasteiger partial charge in [-0.3, -0.25) is 9.59 Å². The number of hydrogen-bond donors (Lipinski definition) is 2. The number of fused-ring (bicyclic) bond motifs is 3. The number of thiophene rings is 1. The minimum atomic E-state index is -0.101. The van der Waals surface area contributed by atoms with Crippen LogP contribution in [0.4, 0.5) is 0 Å². The average molecular weight is 413 g/mol. The lowest BCUT2D eigenvalue weighted by molar-refractivity contribution is -0.121. The number of amides is 1. The number of aromatic nitrogens is 2. The molecule has 0 unspecified atom stereocenters. The molecule has 4 rings (SSSR count). The number of rotatable bonds is 7. The first kappa shape index (κ1) is 19.4. The molecule has 1 amide bonds. The van der Waals surface area contributed by atoms with Crippen LogP contribution >= 0.6 is 11.3 Å². The predicted molar refractivity (Wildman–Crippen MR) is 112 cm³/mol. The number of H-pyrrole nitrogens is 1. The Morgan fingerprint density at radius 1 is 1.24 bits per heavy atom. The third-order valence-corrected chi connectivity index (χ3v) is 6.34. The van der Waals surface area contributed by atoms with E-state index >= 15 is 0 Å². The predicted octanol–water partition coefficient (Wildman–Crippen LogP) is 2.74. The minimum absolute atomic E-state index is 0.0878. The van der Waals surface area contributed by atoms with E-state index < -0.39 is 0 Å². The van der Waals surface area contributed by atoms with E-state index in [9.17, 15) is 9.59 Å². The van der Waals surface area contributed by atoms with Gasteiger partial charge in [-0.15, -0.1) is 11.3 Å². The van der Waals surface area contributed by atoms with Crippen molar-refractivity contribution in [1.29, 1.82) is 0 Å². The number of benzene rings is 1. The van der Waals surface area contributed by atoms with E-state index in [2.05, 4.69) is 15.3 Å². The fraction of sp³-hybridized carbons (Fsp3) is 0.381. The largest absolute Gasteiger partial charge is 0.493 e. The molecule has 0 saturated heterocycles. The van der Waals surface area contributed by atoms with Gasteiger partial charge in [-0.05, 0) is 42.5 Å². The molecule has 0 saturated carbocycles. The van der Waals surface area contributed by atoms with Gasteiger partial charge in [-0.25, -0.2) is 4.98 Å². The third kappa shape index (κ3) is 3.98. The summed E-state index contributed by atoms with van der Waals surface area (Å²) in [6.07, 6.45) is 3.75. The van der Waals surface area contributed by atoms with Gasteiger partial charge in [-0.1, -0.05) is 6.07 Å².